The first-order valence-electron chi connectivity index (χ1n) is 13.3. The highest BCUT2D eigenvalue weighted by Gasteiger charge is 2.39. The fraction of sp³-hybridized carbons (Fsp3) is 0.621. The summed E-state index contributed by atoms with van der Waals surface area (Å²) < 4.78 is 16.1. The van der Waals surface area contributed by atoms with Crippen molar-refractivity contribution in [3.05, 3.63) is 35.9 Å². The molecule has 1 heterocycles. The lowest BCUT2D eigenvalue weighted by molar-refractivity contribution is -0.153. The van der Waals surface area contributed by atoms with E-state index in [1.54, 1.807) is 13.8 Å². The molecule has 1 aromatic carbocycles. The van der Waals surface area contributed by atoms with Crippen LogP contribution in [0.15, 0.2) is 35.5 Å². The second-order valence-corrected chi connectivity index (χ2v) is 10.7. The van der Waals surface area contributed by atoms with Crippen LogP contribution in [0.3, 0.4) is 0 Å². The number of carbonyl (C=O) groups is 4. The lowest BCUT2D eigenvalue weighted by Gasteiger charge is -2.34. The van der Waals surface area contributed by atoms with Gasteiger partial charge in [0.2, 0.25) is 0 Å². The maximum absolute atomic E-state index is 13.4. The summed E-state index contributed by atoms with van der Waals surface area (Å²) in [6.45, 7) is 6.93. The van der Waals surface area contributed by atoms with Gasteiger partial charge in [0.15, 0.2) is 5.84 Å². The number of cyclic esters (lactones) is 1. The number of rotatable bonds is 7. The van der Waals surface area contributed by atoms with Crippen LogP contribution in [-0.4, -0.2) is 55.8 Å². The number of hydrogen-bond acceptors (Lipinski definition) is 9. The van der Waals surface area contributed by atoms with Crippen molar-refractivity contribution >= 4 is 29.3 Å². The van der Waals surface area contributed by atoms with Gasteiger partial charge in [-0.25, -0.2) is 0 Å². The Morgan fingerprint density at radius 1 is 1.10 bits per heavy atom. The zero-order valence-electron chi connectivity index (χ0n) is 23.8. The van der Waals surface area contributed by atoms with Gasteiger partial charge >= 0.3 is 11.9 Å². The molecule has 10 nitrogen and oxygen atoms in total. The highest BCUT2D eigenvalue weighted by molar-refractivity contribution is 6.01. The number of oxime groups is 1. The van der Waals surface area contributed by atoms with Crippen molar-refractivity contribution in [3.8, 4) is 0 Å². The highest BCUT2D eigenvalue weighted by Crippen LogP contribution is 2.32. The number of carbonyl (C=O) groups excluding carboxylic acids is 4. The van der Waals surface area contributed by atoms with Crippen LogP contribution in [0, 0.1) is 29.6 Å². The first kappa shape index (κ1) is 31.9. The maximum atomic E-state index is 13.4. The Hall–Kier alpha value is -3.27. The van der Waals surface area contributed by atoms with Gasteiger partial charge in [0.25, 0.3) is 0 Å². The standard InChI is InChI=1S/C29H42N2O8/c1-18-15-29(4,37-6)16-19(2)25(33)20(3)27(34)38-13-12-22(14-23(18)32)24(28(35)36-5)26(30)31-39-17-21-10-8-7-9-11-21/h7-11,18-20,22,24H,12-17H2,1-6H3,(H2,30,31)/t18-,19?,20?,22?,24?,29-/m1/s1. The molecule has 2 rings (SSSR count). The van der Waals surface area contributed by atoms with Crippen molar-refractivity contribution < 1.29 is 38.2 Å². The Morgan fingerprint density at radius 2 is 1.74 bits per heavy atom. The summed E-state index contributed by atoms with van der Waals surface area (Å²) in [5.41, 5.74) is 6.30. The summed E-state index contributed by atoms with van der Waals surface area (Å²) in [4.78, 5) is 57.3. The van der Waals surface area contributed by atoms with E-state index in [9.17, 15) is 19.2 Å². The zero-order valence-corrected chi connectivity index (χ0v) is 23.8. The fourth-order valence-electron chi connectivity index (χ4n) is 5.08. The molecule has 0 saturated carbocycles. The predicted molar refractivity (Wildman–Crippen MR) is 144 cm³/mol. The Morgan fingerprint density at radius 3 is 2.36 bits per heavy atom. The van der Waals surface area contributed by atoms with Gasteiger partial charge in [0, 0.05) is 25.4 Å². The number of methoxy groups -OCH3 is 2. The molecule has 1 fully saturated rings. The van der Waals surface area contributed by atoms with E-state index in [-0.39, 0.29) is 43.5 Å². The summed E-state index contributed by atoms with van der Waals surface area (Å²) in [7, 11) is 2.76. The molecule has 1 aliphatic heterocycles. The second kappa shape index (κ2) is 14.8. The molecule has 1 aliphatic rings. The molecule has 6 atom stereocenters. The van der Waals surface area contributed by atoms with Crippen molar-refractivity contribution in [2.75, 3.05) is 20.8 Å². The lowest BCUT2D eigenvalue weighted by Crippen LogP contribution is -2.41. The number of nitrogens with two attached hydrogens (primary N) is 1. The quantitative estimate of drug-likeness (QED) is 0.179. The van der Waals surface area contributed by atoms with Gasteiger partial charge < -0.3 is 24.8 Å². The Bertz CT molecular complexity index is 1030. The average molecular weight is 547 g/mol. The third-order valence-electron chi connectivity index (χ3n) is 7.47. The van der Waals surface area contributed by atoms with Gasteiger partial charge in [-0.2, -0.15) is 0 Å². The van der Waals surface area contributed by atoms with Crippen molar-refractivity contribution in [3.63, 3.8) is 0 Å². The van der Waals surface area contributed by atoms with E-state index >= 15 is 0 Å². The van der Waals surface area contributed by atoms with E-state index < -0.39 is 47.1 Å². The van der Waals surface area contributed by atoms with Crippen molar-refractivity contribution in [1.82, 2.24) is 0 Å². The van der Waals surface area contributed by atoms with Crippen LogP contribution in [0.5, 0.6) is 0 Å². The lowest BCUT2D eigenvalue weighted by atomic mass is 9.77. The molecule has 39 heavy (non-hydrogen) atoms. The first-order valence-corrected chi connectivity index (χ1v) is 13.3. The average Bonchev–Trinajstić information content (AvgIpc) is 2.91. The van der Waals surface area contributed by atoms with E-state index in [0.29, 0.717) is 12.8 Å². The molecule has 1 aromatic rings. The van der Waals surface area contributed by atoms with Gasteiger partial charge in [0.1, 0.15) is 30.0 Å². The number of benzene rings is 1. The zero-order chi connectivity index (χ0) is 29.2. The molecule has 0 bridgehead atoms. The van der Waals surface area contributed by atoms with Crippen LogP contribution in [0.2, 0.25) is 0 Å². The highest BCUT2D eigenvalue weighted by atomic mass is 16.6. The fourth-order valence-corrected chi connectivity index (χ4v) is 5.08. The molecule has 216 valence electrons. The summed E-state index contributed by atoms with van der Waals surface area (Å²) in [5.74, 6) is -5.53. The SMILES string of the molecule is COC(=O)C(/C(N)=N/OCc1ccccc1)C1CCOC(=O)C(C)C(=O)C(C)C[C@](C)(OC)C[C@@H](C)C(=O)C1. The Kier molecular flexibility index (Phi) is 12.1. The third kappa shape index (κ3) is 9.16. The summed E-state index contributed by atoms with van der Waals surface area (Å²) in [5, 5.41) is 3.96. The molecule has 10 heteroatoms. The van der Waals surface area contributed by atoms with E-state index in [1.807, 2.05) is 37.3 Å². The number of Topliss-reactive ketones (excluding diaryl/α,β-unsaturated/α-hetero) is 2. The minimum absolute atomic E-state index is 0.0305. The first-order chi connectivity index (χ1) is 18.4. The normalized spacial score (nSPS) is 28.7. The summed E-state index contributed by atoms with van der Waals surface area (Å²) in [6.07, 6.45) is 0.788. The third-order valence-corrected chi connectivity index (χ3v) is 7.47. The maximum Gasteiger partial charge on any atom is 0.316 e. The van der Waals surface area contributed by atoms with Crippen LogP contribution in [-0.2, 0) is 44.8 Å². The molecular formula is C29H42N2O8. The van der Waals surface area contributed by atoms with E-state index in [1.165, 1.54) is 21.1 Å². The van der Waals surface area contributed by atoms with Crippen LogP contribution in [0.1, 0.15) is 58.9 Å². The van der Waals surface area contributed by atoms with Gasteiger partial charge in [0.05, 0.1) is 19.3 Å². The minimum atomic E-state index is -1.11. The molecule has 2 N–H and O–H groups in total. The monoisotopic (exact) mass is 546 g/mol. The molecular weight excluding hydrogens is 504 g/mol. The topological polar surface area (TPSA) is 144 Å². The number of ketones is 2. The van der Waals surface area contributed by atoms with Crippen LogP contribution >= 0.6 is 0 Å². The van der Waals surface area contributed by atoms with E-state index in [4.69, 9.17) is 24.8 Å². The molecule has 0 radical (unpaired) electrons. The molecule has 0 amide bonds. The molecule has 1 saturated heterocycles. The van der Waals surface area contributed by atoms with E-state index in [0.717, 1.165) is 5.56 Å². The number of ether oxygens (including phenoxy) is 3. The Balaban J connectivity index is 2.35. The number of nitrogens with zero attached hydrogens (tertiary/aromatic N) is 1. The van der Waals surface area contributed by atoms with Gasteiger partial charge in [-0.05, 0) is 44.6 Å². The van der Waals surface area contributed by atoms with Gasteiger partial charge in [-0.1, -0.05) is 49.3 Å². The van der Waals surface area contributed by atoms with Crippen molar-refractivity contribution in [2.24, 2.45) is 40.5 Å². The van der Waals surface area contributed by atoms with Crippen LogP contribution in [0.4, 0.5) is 0 Å². The second-order valence-electron chi connectivity index (χ2n) is 10.7. The van der Waals surface area contributed by atoms with Crippen molar-refractivity contribution in [1.29, 1.82) is 0 Å². The van der Waals surface area contributed by atoms with Crippen LogP contribution < -0.4 is 5.73 Å². The molecule has 0 aliphatic carbocycles. The molecule has 4 unspecified atom stereocenters. The number of esters is 2. The van der Waals surface area contributed by atoms with Crippen LogP contribution in [0.25, 0.3) is 0 Å². The number of hydrogen-bond donors (Lipinski definition) is 1. The van der Waals surface area contributed by atoms with Gasteiger partial charge in [-0.3, -0.25) is 19.2 Å². The predicted octanol–water partition coefficient (Wildman–Crippen LogP) is 3.45. The Labute approximate surface area is 230 Å². The largest absolute Gasteiger partial charge is 0.468 e. The van der Waals surface area contributed by atoms with Crippen molar-refractivity contribution in [2.45, 2.75) is 65.6 Å². The van der Waals surface area contributed by atoms with Gasteiger partial charge in [-0.15, -0.1) is 0 Å². The minimum Gasteiger partial charge on any atom is -0.468 e. The molecule has 0 spiro atoms. The summed E-state index contributed by atoms with van der Waals surface area (Å²) >= 11 is 0. The smallest absolute Gasteiger partial charge is 0.316 e. The van der Waals surface area contributed by atoms with E-state index in [2.05, 4.69) is 5.16 Å². The summed E-state index contributed by atoms with van der Waals surface area (Å²) in [6, 6.07) is 9.30. The number of amidine groups is 1. The molecule has 0 aromatic heterocycles.